The molecule has 19 heavy (non-hydrogen) atoms. The summed E-state index contributed by atoms with van der Waals surface area (Å²) >= 11 is 6.30. The van der Waals surface area contributed by atoms with Gasteiger partial charge in [0.05, 0.1) is 11.8 Å². The third kappa shape index (κ3) is 4.79. The fraction of sp³-hybridized carbons (Fsp3) is 0.786. The Labute approximate surface area is 121 Å². The number of aromatic nitrogens is 2. The molecule has 0 aliphatic heterocycles. The summed E-state index contributed by atoms with van der Waals surface area (Å²) in [5, 5.41) is 8.68. The summed E-state index contributed by atoms with van der Waals surface area (Å²) in [4.78, 5) is 0. The quantitative estimate of drug-likeness (QED) is 0.799. The molecule has 1 aromatic rings. The first-order chi connectivity index (χ1) is 8.99. The molecule has 1 aromatic heterocycles. The van der Waals surface area contributed by atoms with Gasteiger partial charge >= 0.3 is 0 Å². The zero-order chi connectivity index (χ0) is 14.4. The van der Waals surface area contributed by atoms with Crippen LogP contribution in [0.25, 0.3) is 0 Å². The molecule has 4 nitrogen and oxygen atoms in total. The van der Waals surface area contributed by atoms with E-state index in [1.165, 1.54) is 0 Å². The first-order valence-electron chi connectivity index (χ1n) is 6.93. The Balaban J connectivity index is 2.75. The van der Waals surface area contributed by atoms with Gasteiger partial charge < -0.3 is 10.1 Å². The molecule has 0 bridgehead atoms. The molecule has 2 unspecified atom stereocenters. The fourth-order valence-electron chi connectivity index (χ4n) is 2.24. The summed E-state index contributed by atoms with van der Waals surface area (Å²) in [6.45, 7) is 7.29. The van der Waals surface area contributed by atoms with Crippen molar-refractivity contribution < 1.29 is 4.74 Å². The molecular weight excluding hydrogens is 262 g/mol. The number of methoxy groups -OCH3 is 1. The average Bonchev–Trinajstić information content (AvgIpc) is 2.62. The van der Waals surface area contributed by atoms with E-state index in [0.29, 0.717) is 6.04 Å². The first kappa shape index (κ1) is 16.5. The van der Waals surface area contributed by atoms with Crippen LogP contribution in [0.2, 0.25) is 5.15 Å². The van der Waals surface area contributed by atoms with Gasteiger partial charge in [-0.25, -0.2) is 0 Å². The number of rotatable bonds is 8. The van der Waals surface area contributed by atoms with Crippen molar-refractivity contribution in [1.29, 1.82) is 0 Å². The summed E-state index contributed by atoms with van der Waals surface area (Å²) in [6, 6.07) is 0.371. The highest BCUT2D eigenvalue weighted by Crippen LogP contribution is 2.21. The number of hydrogen-bond acceptors (Lipinski definition) is 3. The third-order valence-electron chi connectivity index (χ3n) is 3.42. The molecule has 2 atom stereocenters. The summed E-state index contributed by atoms with van der Waals surface area (Å²) < 4.78 is 7.11. The summed E-state index contributed by atoms with van der Waals surface area (Å²) in [5.74, 6) is 0. The van der Waals surface area contributed by atoms with Gasteiger partial charge in [0.1, 0.15) is 5.15 Å². The largest absolute Gasteiger partial charge is 0.382 e. The van der Waals surface area contributed by atoms with Gasteiger partial charge in [-0.05, 0) is 39.7 Å². The van der Waals surface area contributed by atoms with E-state index in [-0.39, 0.29) is 6.10 Å². The predicted molar refractivity (Wildman–Crippen MR) is 79.8 cm³/mol. The van der Waals surface area contributed by atoms with Crippen molar-refractivity contribution in [1.82, 2.24) is 15.1 Å². The van der Waals surface area contributed by atoms with Gasteiger partial charge in [-0.1, -0.05) is 18.5 Å². The van der Waals surface area contributed by atoms with E-state index in [9.17, 15) is 0 Å². The maximum Gasteiger partial charge on any atom is 0.130 e. The molecule has 0 radical (unpaired) electrons. The van der Waals surface area contributed by atoms with Gasteiger partial charge in [-0.3, -0.25) is 4.68 Å². The smallest absolute Gasteiger partial charge is 0.130 e. The Morgan fingerprint density at radius 1 is 1.47 bits per heavy atom. The van der Waals surface area contributed by atoms with Crippen LogP contribution in [-0.2, 0) is 18.2 Å². The Hall–Kier alpha value is -0.580. The molecule has 1 rings (SSSR count). The lowest BCUT2D eigenvalue weighted by atomic mass is 10.0. The van der Waals surface area contributed by atoms with Gasteiger partial charge in [0, 0.05) is 25.8 Å². The van der Waals surface area contributed by atoms with Crippen molar-refractivity contribution in [3.8, 4) is 0 Å². The summed E-state index contributed by atoms with van der Waals surface area (Å²) in [7, 11) is 3.63. The summed E-state index contributed by atoms with van der Waals surface area (Å²) in [5.41, 5.74) is 2.15. The standard InChI is InChI=1S/C14H26ClN3O/c1-6-7-16-12(8-10(2)19-5)9-13-11(3)17-18(4)14(13)15/h10,12,16H,6-9H2,1-5H3. The minimum Gasteiger partial charge on any atom is -0.382 e. The maximum absolute atomic E-state index is 6.30. The van der Waals surface area contributed by atoms with Crippen LogP contribution < -0.4 is 5.32 Å². The number of halogens is 1. The number of nitrogens with zero attached hydrogens (tertiary/aromatic N) is 2. The SMILES string of the molecule is CCCNC(Cc1c(C)nn(C)c1Cl)CC(C)OC. The van der Waals surface area contributed by atoms with Crippen LogP contribution in [0.1, 0.15) is 37.9 Å². The van der Waals surface area contributed by atoms with E-state index in [1.807, 2.05) is 14.0 Å². The Morgan fingerprint density at radius 3 is 2.63 bits per heavy atom. The van der Waals surface area contributed by atoms with Crippen LogP contribution in [0.5, 0.6) is 0 Å². The maximum atomic E-state index is 6.30. The van der Waals surface area contributed by atoms with Crippen molar-refractivity contribution in [2.45, 2.75) is 52.2 Å². The average molecular weight is 288 g/mol. The van der Waals surface area contributed by atoms with Gasteiger partial charge in [0.25, 0.3) is 0 Å². The second kappa shape index (κ2) is 7.88. The number of hydrogen-bond donors (Lipinski definition) is 1. The lowest BCUT2D eigenvalue weighted by molar-refractivity contribution is 0.100. The topological polar surface area (TPSA) is 39.1 Å². The first-order valence-corrected chi connectivity index (χ1v) is 7.31. The molecule has 5 heteroatoms. The summed E-state index contributed by atoms with van der Waals surface area (Å²) in [6.07, 6.45) is 3.23. The van der Waals surface area contributed by atoms with Crippen LogP contribution in [0.15, 0.2) is 0 Å². The zero-order valence-corrected chi connectivity index (χ0v) is 13.4. The van der Waals surface area contributed by atoms with E-state index >= 15 is 0 Å². The van der Waals surface area contributed by atoms with Crippen LogP contribution in [0, 0.1) is 6.92 Å². The highest BCUT2D eigenvalue weighted by molar-refractivity contribution is 6.30. The second-order valence-corrected chi connectivity index (χ2v) is 5.47. The van der Waals surface area contributed by atoms with Crippen molar-refractivity contribution in [2.75, 3.05) is 13.7 Å². The zero-order valence-electron chi connectivity index (χ0n) is 12.7. The molecule has 0 aliphatic carbocycles. The van der Waals surface area contributed by atoms with Gasteiger partial charge in [-0.15, -0.1) is 0 Å². The van der Waals surface area contributed by atoms with Crippen molar-refractivity contribution >= 4 is 11.6 Å². The Kier molecular flexibility index (Phi) is 6.83. The van der Waals surface area contributed by atoms with Crippen LogP contribution >= 0.6 is 11.6 Å². The number of ether oxygens (including phenoxy) is 1. The molecule has 1 heterocycles. The fourth-order valence-corrected chi connectivity index (χ4v) is 2.49. The van der Waals surface area contributed by atoms with Crippen LogP contribution in [-0.4, -0.2) is 35.6 Å². The predicted octanol–water partition coefficient (Wildman–Crippen LogP) is 2.72. The van der Waals surface area contributed by atoms with E-state index in [4.69, 9.17) is 16.3 Å². The van der Waals surface area contributed by atoms with Crippen LogP contribution in [0.3, 0.4) is 0 Å². The molecule has 0 spiro atoms. The van der Waals surface area contributed by atoms with Gasteiger partial charge in [0.2, 0.25) is 0 Å². The van der Waals surface area contributed by atoms with Crippen molar-refractivity contribution in [3.05, 3.63) is 16.4 Å². The Morgan fingerprint density at radius 2 is 2.16 bits per heavy atom. The molecule has 0 aliphatic rings. The molecular formula is C14H26ClN3O. The monoisotopic (exact) mass is 287 g/mol. The molecule has 110 valence electrons. The third-order valence-corrected chi connectivity index (χ3v) is 3.89. The minimum atomic E-state index is 0.241. The van der Waals surface area contributed by atoms with Crippen LogP contribution in [0.4, 0.5) is 0 Å². The lowest BCUT2D eigenvalue weighted by Gasteiger charge is -2.21. The highest BCUT2D eigenvalue weighted by Gasteiger charge is 2.18. The van der Waals surface area contributed by atoms with Gasteiger partial charge in [-0.2, -0.15) is 5.10 Å². The van der Waals surface area contributed by atoms with Crippen molar-refractivity contribution in [2.24, 2.45) is 7.05 Å². The minimum absolute atomic E-state index is 0.241. The van der Waals surface area contributed by atoms with E-state index in [1.54, 1.807) is 11.8 Å². The number of aryl methyl sites for hydroxylation is 2. The number of nitrogens with one attached hydrogen (secondary N) is 1. The van der Waals surface area contributed by atoms with E-state index in [0.717, 1.165) is 42.2 Å². The highest BCUT2D eigenvalue weighted by atomic mass is 35.5. The molecule has 0 saturated carbocycles. The molecule has 0 aromatic carbocycles. The lowest BCUT2D eigenvalue weighted by Crippen LogP contribution is -2.35. The Bertz CT molecular complexity index is 392. The molecule has 0 saturated heterocycles. The molecule has 0 amide bonds. The second-order valence-electron chi connectivity index (χ2n) is 5.12. The van der Waals surface area contributed by atoms with Gasteiger partial charge in [0.15, 0.2) is 0 Å². The van der Waals surface area contributed by atoms with E-state index < -0.39 is 0 Å². The van der Waals surface area contributed by atoms with E-state index in [2.05, 4.69) is 24.3 Å². The molecule has 1 N–H and O–H groups in total. The van der Waals surface area contributed by atoms with Crippen molar-refractivity contribution in [3.63, 3.8) is 0 Å². The molecule has 0 fully saturated rings. The normalized spacial score (nSPS) is 14.6.